The highest BCUT2D eigenvalue weighted by molar-refractivity contribution is 6.03. The monoisotopic (exact) mass is 399 g/mol. The number of nitrogens with zero attached hydrogens (tertiary/aromatic N) is 5. The molecule has 0 saturated carbocycles. The molecule has 0 aliphatic rings. The minimum atomic E-state index is -0.470. The molecule has 148 valence electrons. The third-order valence-corrected chi connectivity index (χ3v) is 5.09. The molecule has 0 aliphatic carbocycles. The van der Waals surface area contributed by atoms with E-state index in [1.54, 1.807) is 29.6 Å². The highest BCUT2D eigenvalue weighted by atomic mass is 16.5. The highest BCUT2D eigenvalue weighted by Crippen LogP contribution is 2.20. The van der Waals surface area contributed by atoms with Crippen LogP contribution in [0.3, 0.4) is 0 Å². The minimum Gasteiger partial charge on any atom is -0.454 e. The number of pyridine rings is 1. The van der Waals surface area contributed by atoms with Crippen molar-refractivity contribution in [3.05, 3.63) is 82.0 Å². The number of carbonyl (C=O) groups excluding carboxylic acids is 1. The standard InChI is InChI=1S/C22H17N5O3/c1-13-11-16(14-7-3-5-9-17(14)23-13)21(29)30-12-19-24-25-22-26(2)20(28)15-8-4-6-10-18(15)27(19)22/h3-11H,12H2,1-2H3. The summed E-state index contributed by atoms with van der Waals surface area (Å²) in [7, 11) is 1.64. The summed E-state index contributed by atoms with van der Waals surface area (Å²) in [4.78, 5) is 29.9. The molecule has 0 radical (unpaired) electrons. The van der Waals surface area contributed by atoms with E-state index in [4.69, 9.17) is 4.74 Å². The second-order valence-electron chi connectivity index (χ2n) is 7.04. The molecule has 0 saturated heterocycles. The summed E-state index contributed by atoms with van der Waals surface area (Å²) < 4.78 is 8.75. The Morgan fingerprint density at radius 2 is 1.77 bits per heavy atom. The van der Waals surface area contributed by atoms with Gasteiger partial charge < -0.3 is 4.74 Å². The highest BCUT2D eigenvalue weighted by Gasteiger charge is 2.18. The molecule has 5 rings (SSSR count). The third-order valence-electron chi connectivity index (χ3n) is 5.09. The summed E-state index contributed by atoms with van der Waals surface area (Å²) >= 11 is 0. The number of aromatic nitrogens is 5. The molecular weight excluding hydrogens is 382 g/mol. The number of ether oxygens (including phenoxy) is 1. The van der Waals surface area contributed by atoms with E-state index in [2.05, 4.69) is 15.2 Å². The Morgan fingerprint density at radius 1 is 1.03 bits per heavy atom. The predicted molar refractivity (Wildman–Crippen MR) is 111 cm³/mol. The molecule has 0 spiro atoms. The molecule has 30 heavy (non-hydrogen) atoms. The number of hydrogen-bond donors (Lipinski definition) is 0. The van der Waals surface area contributed by atoms with E-state index in [-0.39, 0.29) is 12.2 Å². The fourth-order valence-corrected chi connectivity index (χ4v) is 3.67. The molecule has 5 aromatic rings. The maximum Gasteiger partial charge on any atom is 0.339 e. The number of fused-ring (bicyclic) bond motifs is 4. The Balaban J connectivity index is 1.55. The number of benzene rings is 2. The van der Waals surface area contributed by atoms with Crippen molar-refractivity contribution in [3.8, 4) is 0 Å². The van der Waals surface area contributed by atoms with Gasteiger partial charge in [-0.15, -0.1) is 10.2 Å². The van der Waals surface area contributed by atoms with Crippen LogP contribution in [0.4, 0.5) is 0 Å². The van der Waals surface area contributed by atoms with Crippen LogP contribution in [0.1, 0.15) is 21.9 Å². The largest absolute Gasteiger partial charge is 0.454 e. The Bertz CT molecular complexity index is 1520. The average molecular weight is 399 g/mol. The zero-order valence-corrected chi connectivity index (χ0v) is 16.4. The first-order chi connectivity index (χ1) is 14.5. The second-order valence-corrected chi connectivity index (χ2v) is 7.04. The molecule has 3 aromatic heterocycles. The van der Waals surface area contributed by atoms with Gasteiger partial charge >= 0.3 is 5.97 Å². The average Bonchev–Trinajstić information content (AvgIpc) is 3.19. The fourth-order valence-electron chi connectivity index (χ4n) is 3.67. The molecule has 0 atom stereocenters. The molecule has 0 amide bonds. The van der Waals surface area contributed by atoms with Gasteiger partial charge in [-0.3, -0.25) is 18.7 Å². The van der Waals surface area contributed by atoms with Crippen molar-refractivity contribution in [2.24, 2.45) is 7.05 Å². The normalized spacial score (nSPS) is 11.4. The first kappa shape index (κ1) is 18.0. The summed E-state index contributed by atoms with van der Waals surface area (Å²) in [5.41, 5.74) is 2.42. The topological polar surface area (TPSA) is 91.4 Å². The van der Waals surface area contributed by atoms with Crippen molar-refractivity contribution in [2.45, 2.75) is 13.5 Å². The van der Waals surface area contributed by atoms with E-state index in [0.29, 0.717) is 28.1 Å². The van der Waals surface area contributed by atoms with Crippen LogP contribution in [0.5, 0.6) is 0 Å². The van der Waals surface area contributed by atoms with E-state index >= 15 is 0 Å². The zero-order chi connectivity index (χ0) is 20.8. The molecule has 8 heteroatoms. The van der Waals surface area contributed by atoms with Gasteiger partial charge in [0.25, 0.3) is 5.56 Å². The van der Waals surface area contributed by atoms with E-state index in [9.17, 15) is 9.59 Å². The second kappa shape index (κ2) is 6.77. The summed E-state index contributed by atoms with van der Waals surface area (Å²) in [6.45, 7) is 1.75. The van der Waals surface area contributed by atoms with Gasteiger partial charge in [-0.1, -0.05) is 30.3 Å². The lowest BCUT2D eigenvalue weighted by atomic mass is 10.1. The maximum atomic E-state index is 12.9. The lowest BCUT2D eigenvalue weighted by Crippen LogP contribution is -2.20. The Morgan fingerprint density at radius 3 is 2.60 bits per heavy atom. The number of carbonyl (C=O) groups is 1. The molecule has 0 bridgehead atoms. The van der Waals surface area contributed by atoms with Crippen molar-refractivity contribution < 1.29 is 9.53 Å². The van der Waals surface area contributed by atoms with Gasteiger partial charge in [-0.2, -0.15) is 0 Å². The number of hydrogen-bond acceptors (Lipinski definition) is 6. The van der Waals surface area contributed by atoms with Gasteiger partial charge in [0.05, 0.1) is 22.0 Å². The Labute approximate surface area is 170 Å². The molecule has 0 aliphatic heterocycles. The van der Waals surface area contributed by atoms with Crippen molar-refractivity contribution in [3.63, 3.8) is 0 Å². The lowest BCUT2D eigenvalue weighted by molar-refractivity contribution is 0.0463. The van der Waals surface area contributed by atoms with E-state index in [0.717, 1.165) is 16.6 Å². The van der Waals surface area contributed by atoms with Crippen molar-refractivity contribution >= 4 is 33.6 Å². The molecular formula is C22H17N5O3. The van der Waals surface area contributed by atoms with Crippen LogP contribution in [0.15, 0.2) is 59.4 Å². The van der Waals surface area contributed by atoms with Gasteiger partial charge in [-0.25, -0.2) is 4.79 Å². The van der Waals surface area contributed by atoms with Crippen LogP contribution in [-0.2, 0) is 18.4 Å². The quantitative estimate of drug-likeness (QED) is 0.433. The maximum absolute atomic E-state index is 12.9. The molecule has 0 fully saturated rings. The lowest BCUT2D eigenvalue weighted by Gasteiger charge is -2.09. The van der Waals surface area contributed by atoms with Crippen LogP contribution in [0, 0.1) is 6.92 Å². The molecule has 0 N–H and O–H groups in total. The Hall–Kier alpha value is -4.07. The van der Waals surface area contributed by atoms with E-state index in [1.165, 1.54) is 4.57 Å². The summed E-state index contributed by atoms with van der Waals surface area (Å²) in [6, 6.07) is 16.4. The predicted octanol–water partition coefficient (Wildman–Crippen LogP) is 2.79. The number of esters is 1. The van der Waals surface area contributed by atoms with Gasteiger partial charge in [0.15, 0.2) is 12.4 Å². The third kappa shape index (κ3) is 2.73. The Kier molecular flexibility index (Phi) is 4.06. The molecule has 3 heterocycles. The smallest absolute Gasteiger partial charge is 0.339 e. The van der Waals surface area contributed by atoms with Gasteiger partial charge in [0.1, 0.15) is 0 Å². The van der Waals surface area contributed by atoms with Gasteiger partial charge in [0.2, 0.25) is 5.78 Å². The van der Waals surface area contributed by atoms with Crippen molar-refractivity contribution in [1.82, 2.24) is 24.1 Å². The number of rotatable bonds is 3. The first-order valence-electron chi connectivity index (χ1n) is 9.40. The van der Waals surface area contributed by atoms with E-state index < -0.39 is 5.97 Å². The first-order valence-corrected chi connectivity index (χ1v) is 9.40. The van der Waals surface area contributed by atoms with Gasteiger partial charge in [-0.05, 0) is 31.2 Å². The van der Waals surface area contributed by atoms with E-state index in [1.807, 2.05) is 43.3 Å². The SMILES string of the molecule is Cc1cc(C(=O)OCc2nnc3n(C)c(=O)c4ccccc4n23)c2ccccc2n1. The fraction of sp³-hybridized carbons (Fsp3) is 0.136. The number of aryl methyl sites for hydroxylation is 2. The summed E-state index contributed by atoms with van der Waals surface area (Å²) in [5.74, 6) is 0.345. The molecule has 2 aromatic carbocycles. The van der Waals surface area contributed by atoms with Crippen molar-refractivity contribution in [2.75, 3.05) is 0 Å². The molecule has 0 unspecified atom stereocenters. The van der Waals surface area contributed by atoms with Gasteiger partial charge in [0, 0.05) is 18.1 Å². The zero-order valence-electron chi connectivity index (χ0n) is 16.4. The summed E-state index contributed by atoms with van der Waals surface area (Å²) in [6.07, 6.45) is 0. The summed E-state index contributed by atoms with van der Waals surface area (Å²) in [5, 5.41) is 9.54. The van der Waals surface area contributed by atoms with Crippen LogP contribution >= 0.6 is 0 Å². The van der Waals surface area contributed by atoms with Crippen molar-refractivity contribution in [1.29, 1.82) is 0 Å². The van der Waals surface area contributed by atoms with Crippen LogP contribution in [0.25, 0.3) is 27.6 Å². The van der Waals surface area contributed by atoms with Crippen LogP contribution < -0.4 is 5.56 Å². The molecule has 8 nitrogen and oxygen atoms in total. The van der Waals surface area contributed by atoms with Crippen LogP contribution in [-0.4, -0.2) is 30.1 Å². The number of para-hydroxylation sites is 2. The van der Waals surface area contributed by atoms with Crippen LogP contribution in [0.2, 0.25) is 0 Å². The minimum absolute atomic E-state index is 0.0854.